The molecule has 0 fully saturated rings. The van der Waals surface area contributed by atoms with Crippen molar-refractivity contribution in [1.82, 2.24) is 4.72 Å². The third-order valence-electron chi connectivity index (χ3n) is 2.88. The third-order valence-corrected chi connectivity index (χ3v) is 5.02. The van der Waals surface area contributed by atoms with Gasteiger partial charge in [0, 0.05) is 16.7 Å². The summed E-state index contributed by atoms with van der Waals surface area (Å²) in [5, 5.41) is 0. The van der Waals surface area contributed by atoms with Crippen LogP contribution in [0.25, 0.3) is 0 Å². The van der Waals surface area contributed by atoms with Gasteiger partial charge in [0.15, 0.2) is 0 Å². The molecule has 0 aromatic heterocycles. The summed E-state index contributed by atoms with van der Waals surface area (Å²) in [5.74, 6) is -0.335. The Labute approximate surface area is 131 Å². The fourth-order valence-corrected chi connectivity index (χ4v) is 3.37. The lowest BCUT2D eigenvalue weighted by Crippen LogP contribution is -2.26. The van der Waals surface area contributed by atoms with Crippen LogP contribution in [0.3, 0.4) is 0 Å². The van der Waals surface area contributed by atoms with E-state index in [1.54, 1.807) is 12.1 Å². The van der Waals surface area contributed by atoms with E-state index in [4.69, 9.17) is 5.73 Å². The van der Waals surface area contributed by atoms with E-state index in [2.05, 4.69) is 20.7 Å². The summed E-state index contributed by atoms with van der Waals surface area (Å²) < 4.78 is 40.2. The summed E-state index contributed by atoms with van der Waals surface area (Å²) in [6.07, 6.45) is 0.410. The van der Waals surface area contributed by atoms with Crippen LogP contribution in [0.2, 0.25) is 0 Å². The molecule has 0 aliphatic heterocycles. The van der Waals surface area contributed by atoms with Crippen molar-refractivity contribution in [3.63, 3.8) is 0 Å². The first-order valence-corrected chi connectivity index (χ1v) is 8.45. The highest BCUT2D eigenvalue weighted by molar-refractivity contribution is 9.10. The lowest BCUT2D eigenvalue weighted by molar-refractivity contribution is 0.581. The molecule has 0 spiro atoms. The molecule has 112 valence electrons. The molecule has 2 aromatic carbocycles. The van der Waals surface area contributed by atoms with Crippen LogP contribution in [-0.4, -0.2) is 15.0 Å². The van der Waals surface area contributed by atoms with Gasteiger partial charge >= 0.3 is 0 Å². The fourth-order valence-electron chi connectivity index (χ4n) is 1.78. The van der Waals surface area contributed by atoms with Crippen LogP contribution in [-0.2, 0) is 16.4 Å². The first-order chi connectivity index (χ1) is 9.88. The van der Waals surface area contributed by atoms with Crippen molar-refractivity contribution in [3.05, 3.63) is 58.3 Å². The minimum Gasteiger partial charge on any atom is -0.398 e. The minimum absolute atomic E-state index is 0.128. The van der Waals surface area contributed by atoms with Gasteiger partial charge in [0.2, 0.25) is 10.0 Å². The number of anilines is 1. The summed E-state index contributed by atoms with van der Waals surface area (Å²) in [5.41, 5.74) is 6.82. The maximum atomic E-state index is 13.0. The van der Waals surface area contributed by atoms with Crippen molar-refractivity contribution in [2.45, 2.75) is 11.3 Å². The SMILES string of the molecule is Nc1ccc(S(=O)(=O)NCCc2cccc(F)c2)cc1Br. The average Bonchev–Trinajstić information content (AvgIpc) is 2.41. The average molecular weight is 373 g/mol. The number of halogens is 2. The normalized spacial score (nSPS) is 11.5. The zero-order valence-electron chi connectivity index (χ0n) is 11.0. The number of nitrogen functional groups attached to an aromatic ring is 1. The van der Waals surface area contributed by atoms with E-state index in [9.17, 15) is 12.8 Å². The van der Waals surface area contributed by atoms with Crippen LogP contribution in [0.4, 0.5) is 10.1 Å². The summed E-state index contributed by atoms with van der Waals surface area (Å²) in [7, 11) is -3.61. The molecule has 21 heavy (non-hydrogen) atoms. The molecule has 0 atom stereocenters. The van der Waals surface area contributed by atoms with Crippen molar-refractivity contribution in [1.29, 1.82) is 0 Å². The molecule has 7 heteroatoms. The minimum atomic E-state index is -3.61. The highest BCUT2D eigenvalue weighted by atomic mass is 79.9. The molecular weight excluding hydrogens is 359 g/mol. The molecule has 0 saturated heterocycles. The zero-order valence-corrected chi connectivity index (χ0v) is 13.4. The molecule has 4 nitrogen and oxygen atoms in total. The molecule has 0 aliphatic carbocycles. The van der Waals surface area contributed by atoms with Gasteiger partial charge in [0.25, 0.3) is 0 Å². The van der Waals surface area contributed by atoms with E-state index < -0.39 is 10.0 Å². The Balaban J connectivity index is 2.03. The standard InChI is InChI=1S/C14H14BrFN2O2S/c15-13-9-12(4-5-14(13)17)21(19,20)18-7-6-10-2-1-3-11(16)8-10/h1-5,8-9,18H,6-7,17H2. The van der Waals surface area contributed by atoms with E-state index in [1.165, 1.54) is 30.3 Å². The van der Waals surface area contributed by atoms with Gasteiger partial charge < -0.3 is 5.73 Å². The molecular formula is C14H14BrFN2O2S. The first-order valence-electron chi connectivity index (χ1n) is 6.17. The van der Waals surface area contributed by atoms with E-state index >= 15 is 0 Å². The van der Waals surface area contributed by atoms with Gasteiger partial charge in [0.1, 0.15) is 5.82 Å². The number of nitrogens with two attached hydrogens (primary N) is 1. The lowest BCUT2D eigenvalue weighted by Gasteiger charge is -2.08. The second kappa shape index (κ2) is 6.55. The van der Waals surface area contributed by atoms with Crippen LogP contribution in [0, 0.1) is 5.82 Å². The smallest absolute Gasteiger partial charge is 0.240 e. The number of sulfonamides is 1. The van der Waals surface area contributed by atoms with Crippen LogP contribution in [0.15, 0.2) is 51.8 Å². The van der Waals surface area contributed by atoms with Crippen LogP contribution < -0.4 is 10.5 Å². The molecule has 2 aromatic rings. The Morgan fingerprint density at radius 3 is 2.62 bits per heavy atom. The molecule has 0 saturated carbocycles. The predicted molar refractivity (Wildman–Crippen MR) is 83.8 cm³/mol. The van der Waals surface area contributed by atoms with Crippen LogP contribution >= 0.6 is 15.9 Å². The zero-order chi connectivity index (χ0) is 15.5. The Morgan fingerprint density at radius 2 is 1.95 bits per heavy atom. The molecule has 2 rings (SSSR count). The summed E-state index contributed by atoms with van der Waals surface area (Å²) >= 11 is 3.19. The molecule has 0 aliphatic rings. The highest BCUT2D eigenvalue weighted by Gasteiger charge is 2.14. The maximum absolute atomic E-state index is 13.0. The van der Waals surface area contributed by atoms with Gasteiger partial charge in [-0.3, -0.25) is 0 Å². The predicted octanol–water partition coefficient (Wildman–Crippen LogP) is 2.69. The third kappa shape index (κ3) is 4.26. The van der Waals surface area contributed by atoms with Crippen LogP contribution in [0.5, 0.6) is 0 Å². The van der Waals surface area contributed by atoms with Crippen LogP contribution in [0.1, 0.15) is 5.56 Å². The Morgan fingerprint density at radius 1 is 1.19 bits per heavy atom. The maximum Gasteiger partial charge on any atom is 0.240 e. The quantitative estimate of drug-likeness (QED) is 0.792. The van der Waals surface area contributed by atoms with E-state index in [0.29, 0.717) is 16.6 Å². The van der Waals surface area contributed by atoms with E-state index in [0.717, 1.165) is 5.56 Å². The number of nitrogens with one attached hydrogen (secondary N) is 1. The van der Waals surface area contributed by atoms with Crippen molar-refractivity contribution in [3.8, 4) is 0 Å². The first kappa shape index (κ1) is 15.9. The monoisotopic (exact) mass is 372 g/mol. The number of hydrogen-bond acceptors (Lipinski definition) is 3. The Hall–Kier alpha value is -1.44. The number of hydrogen-bond donors (Lipinski definition) is 2. The molecule has 0 unspecified atom stereocenters. The second-order valence-corrected chi connectivity index (χ2v) is 7.08. The van der Waals surface area contributed by atoms with Gasteiger partial charge in [-0.1, -0.05) is 12.1 Å². The molecule has 0 heterocycles. The van der Waals surface area contributed by atoms with Gasteiger partial charge in [-0.05, 0) is 58.2 Å². The van der Waals surface area contributed by atoms with E-state index in [-0.39, 0.29) is 17.3 Å². The largest absolute Gasteiger partial charge is 0.398 e. The van der Waals surface area contributed by atoms with Gasteiger partial charge in [-0.25, -0.2) is 17.5 Å². The molecule has 0 radical (unpaired) electrons. The van der Waals surface area contributed by atoms with Gasteiger partial charge in [-0.2, -0.15) is 0 Å². The highest BCUT2D eigenvalue weighted by Crippen LogP contribution is 2.22. The molecule has 3 N–H and O–H groups in total. The molecule has 0 amide bonds. The molecule has 0 bridgehead atoms. The Kier molecular flexibility index (Phi) is 4.97. The summed E-state index contributed by atoms with van der Waals surface area (Å²) in [4.78, 5) is 0.128. The summed E-state index contributed by atoms with van der Waals surface area (Å²) in [6, 6.07) is 10.5. The van der Waals surface area contributed by atoms with Crippen molar-refractivity contribution < 1.29 is 12.8 Å². The van der Waals surface area contributed by atoms with Crippen molar-refractivity contribution >= 4 is 31.6 Å². The summed E-state index contributed by atoms with van der Waals surface area (Å²) in [6.45, 7) is 0.188. The Bertz CT molecular complexity index is 750. The lowest BCUT2D eigenvalue weighted by atomic mass is 10.1. The second-order valence-electron chi connectivity index (χ2n) is 4.46. The topological polar surface area (TPSA) is 72.2 Å². The number of benzene rings is 2. The van der Waals surface area contributed by atoms with E-state index in [1.807, 2.05) is 0 Å². The van der Waals surface area contributed by atoms with Crippen molar-refractivity contribution in [2.24, 2.45) is 0 Å². The number of rotatable bonds is 5. The van der Waals surface area contributed by atoms with Gasteiger partial charge in [-0.15, -0.1) is 0 Å². The van der Waals surface area contributed by atoms with Gasteiger partial charge in [0.05, 0.1) is 4.90 Å². The van der Waals surface area contributed by atoms with Crippen molar-refractivity contribution in [2.75, 3.05) is 12.3 Å². The fraction of sp³-hybridized carbons (Fsp3) is 0.143.